The average molecular weight is 426 g/mol. The van der Waals surface area contributed by atoms with Gasteiger partial charge in [0.05, 0.1) is 26.5 Å². The SMILES string of the molecule is CNC(=O)CN(CCc1ccc(OCc2cccc(F)c2)c(OC)c1)Cc1ccco1. The Bertz CT molecular complexity index is 975. The Balaban J connectivity index is 1.62. The van der Waals surface area contributed by atoms with Crippen molar-refractivity contribution < 1.29 is 23.1 Å². The van der Waals surface area contributed by atoms with E-state index in [9.17, 15) is 9.18 Å². The second-order valence-electron chi connectivity index (χ2n) is 7.12. The Morgan fingerprint density at radius 1 is 1.10 bits per heavy atom. The monoisotopic (exact) mass is 426 g/mol. The lowest BCUT2D eigenvalue weighted by Crippen LogP contribution is -2.36. The van der Waals surface area contributed by atoms with Crippen molar-refractivity contribution in [2.75, 3.05) is 27.2 Å². The molecule has 0 fully saturated rings. The molecule has 1 amide bonds. The van der Waals surface area contributed by atoms with Crippen molar-refractivity contribution in [2.24, 2.45) is 0 Å². The highest BCUT2D eigenvalue weighted by Crippen LogP contribution is 2.29. The summed E-state index contributed by atoms with van der Waals surface area (Å²) in [5, 5.41) is 2.66. The number of furan rings is 1. The van der Waals surface area contributed by atoms with Crippen molar-refractivity contribution in [1.82, 2.24) is 10.2 Å². The molecule has 7 heteroatoms. The van der Waals surface area contributed by atoms with E-state index in [2.05, 4.69) is 5.32 Å². The Hall–Kier alpha value is -3.32. The van der Waals surface area contributed by atoms with Crippen LogP contribution in [0, 0.1) is 5.82 Å². The van der Waals surface area contributed by atoms with E-state index >= 15 is 0 Å². The van der Waals surface area contributed by atoms with Gasteiger partial charge >= 0.3 is 0 Å². The molecule has 6 nitrogen and oxygen atoms in total. The quantitative estimate of drug-likeness (QED) is 0.505. The van der Waals surface area contributed by atoms with Crippen LogP contribution in [-0.2, 0) is 24.4 Å². The highest BCUT2D eigenvalue weighted by atomic mass is 19.1. The second kappa shape index (κ2) is 11.2. The number of carbonyl (C=O) groups is 1. The van der Waals surface area contributed by atoms with E-state index in [4.69, 9.17) is 13.9 Å². The molecule has 0 aliphatic heterocycles. The highest BCUT2D eigenvalue weighted by Gasteiger charge is 2.13. The topological polar surface area (TPSA) is 63.9 Å². The first-order chi connectivity index (χ1) is 15.1. The van der Waals surface area contributed by atoms with Gasteiger partial charge in [0.1, 0.15) is 18.2 Å². The molecular formula is C24H27FN2O4. The van der Waals surface area contributed by atoms with E-state index in [1.54, 1.807) is 26.5 Å². The van der Waals surface area contributed by atoms with Crippen molar-refractivity contribution in [2.45, 2.75) is 19.6 Å². The minimum Gasteiger partial charge on any atom is -0.493 e. The summed E-state index contributed by atoms with van der Waals surface area (Å²) in [7, 11) is 3.21. The smallest absolute Gasteiger partial charge is 0.233 e. The predicted molar refractivity (Wildman–Crippen MR) is 115 cm³/mol. The minimum absolute atomic E-state index is 0.0507. The van der Waals surface area contributed by atoms with Crippen molar-refractivity contribution >= 4 is 5.91 Å². The second-order valence-corrected chi connectivity index (χ2v) is 7.12. The lowest BCUT2D eigenvalue weighted by Gasteiger charge is -2.20. The molecule has 31 heavy (non-hydrogen) atoms. The van der Waals surface area contributed by atoms with Crippen LogP contribution in [0.1, 0.15) is 16.9 Å². The van der Waals surface area contributed by atoms with E-state index < -0.39 is 0 Å². The van der Waals surface area contributed by atoms with Crippen LogP contribution < -0.4 is 14.8 Å². The number of hydrogen-bond donors (Lipinski definition) is 1. The minimum atomic E-state index is -0.292. The molecule has 0 aliphatic rings. The summed E-state index contributed by atoms with van der Waals surface area (Å²) in [6, 6.07) is 15.8. The number of carbonyl (C=O) groups excluding carboxylic acids is 1. The van der Waals surface area contributed by atoms with E-state index in [0.29, 0.717) is 24.6 Å². The third kappa shape index (κ3) is 6.86. The zero-order valence-electron chi connectivity index (χ0n) is 17.8. The van der Waals surface area contributed by atoms with Crippen LogP contribution >= 0.6 is 0 Å². The van der Waals surface area contributed by atoms with Crippen LogP contribution in [0.25, 0.3) is 0 Å². The number of ether oxygens (including phenoxy) is 2. The first kappa shape index (κ1) is 22.4. The van der Waals surface area contributed by atoms with Gasteiger partial charge in [0.15, 0.2) is 11.5 Å². The van der Waals surface area contributed by atoms with E-state index in [1.807, 2.05) is 41.3 Å². The van der Waals surface area contributed by atoms with Gasteiger partial charge in [-0.15, -0.1) is 0 Å². The van der Waals surface area contributed by atoms with Crippen LogP contribution in [0.3, 0.4) is 0 Å². The molecule has 3 rings (SSSR count). The summed E-state index contributed by atoms with van der Waals surface area (Å²) in [4.78, 5) is 13.9. The van der Waals surface area contributed by atoms with E-state index in [0.717, 1.165) is 23.3 Å². The lowest BCUT2D eigenvalue weighted by atomic mass is 10.1. The molecule has 0 saturated carbocycles. The van der Waals surface area contributed by atoms with Gasteiger partial charge in [0.2, 0.25) is 5.91 Å². The number of nitrogens with one attached hydrogen (secondary N) is 1. The third-order valence-electron chi connectivity index (χ3n) is 4.83. The maximum atomic E-state index is 13.3. The molecule has 0 radical (unpaired) electrons. The standard InChI is InChI=1S/C24H27FN2O4/c1-26-24(28)16-27(15-21-7-4-12-30-21)11-10-18-8-9-22(23(14-18)29-2)31-17-19-5-3-6-20(25)13-19/h3-9,12-14H,10-11,15-17H2,1-2H3,(H,26,28). The fourth-order valence-electron chi connectivity index (χ4n) is 3.18. The molecule has 0 bridgehead atoms. The molecule has 0 spiro atoms. The van der Waals surface area contributed by atoms with Crippen LogP contribution in [0.5, 0.6) is 11.5 Å². The maximum Gasteiger partial charge on any atom is 0.233 e. The molecule has 0 aliphatic carbocycles. The number of methoxy groups -OCH3 is 1. The third-order valence-corrected chi connectivity index (χ3v) is 4.83. The summed E-state index contributed by atoms with van der Waals surface area (Å²) in [5.41, 5.74) is 1.80. The highest BCUT2D eigenvalue weighted by molar-refractivity contribution is 5.77. The van der Waals surface area contributed by atoms with Gasteiger partial charge in [-0.05, 0) is 53.9 Å². The van der Waals surface area contributed by atoms with Gasteiger partial charge in [-0.1, -0.05) is 18.2 Å². The number of hydrogen-bond acceptors (Lipinski definition) is 5. The fourth-order valence-corrected chi connectivity index (χ4v) is 3.18. The van der Waals surface area contributed by atoms with Gasteiger partial charge in [-0.25, -0.2) is 4.39 Å². The predicted octanol–water partition coefficient (Wildman–Crippen LogP) is 3.80. The molecule has 3 aromatic rings. The first-order valence-corrected chi connectivity index (χ1v) is 10.1. The van der Waals surface area contributed by atoms with Crippen molar-refractivity contribution in [3.8, 4) is 11.5 Å². The molecule has 1 heterocycles. The molecule has 0 unspecified atom stereocenters. The van der Waals surface area contributed by atoms with Crippen LogP contribution in [0.4, 0.5) is 4.39 Å². The van der Waals surface area contributed by atoms with E-state index in [-0.39, 0.29) is 24.9 Å². The summed E-state index contributed by atoms with van der Waals surface area (Å²) in [5.74, 6) is 1.66. The fraction of sp³-hybridized carbons (Fsp3) is 0.292. The largest absolute Gasteiger partial charge is 0.493 e. The number of benzene rings is 2. The summed E-state index contributed by atoms with van der Waals surface area (Å²) < 4.78 is 30.1. The zero-order valence-corrected chi connectivity index (χ0v) is 17.8. The maximum absolute atomic E-state index is 13.3. The van der Waals surface area contributed by atoms with Gasteiger partial charge in [0.25, 0.3) is 0 Å². The number of nitrogens with zero attached hydrogens (tertiary/aromatic N) is 1. The Morgan fingerprint density at radius 3 is 2.68 bits per heavy atom. The van der Waals surface area contributed by atoms with Crippen molar-refractivity contribution in [3.05, 3.63) is 83.6 Å². The van der Waals surface area contributed by atoms with Gasteiger partial charge in [-0.2, -0.15) is 0 Å². The molecule has 0 saturated heterocycles. The number of halogens is 1. The van der Waals surface area contributed by atoms with Gasteiger partial charge in [-0.3, -0.25) is 9.69 Å². The summed E-state index contributed by atoms with van der Waals surface area (Å²) in [6.45, 7) is 1.74. The van der Waals surface area contributed by atoms with Crippen molar-refractivity contribution in [1.29, 1.82) is 0 Å². The average Bonchev–Trinajstić information content (AvgIpc) is 3.29. The number of likely N-dealkylation sites (N-methyl/N-ethyl adjacent to an activating group) is 1. The van der Waals surface area contributed by atoms with Crippen LogP contribution in [0.2, 0.25) is 0 Å². The van der Waals surface area contributed by atoms with E-state index in [1.165, 1.54) is 12.1 Å². The molecule has 1 N–H and O–H groups in total. The molecule has 164 valence electrons. The number of rotatable bonds is 11. The Labute approximate surface area is 181 Å². The van der Waals surface area contributed by atoms with Gasteiger partial charge in [0, 0.05) is 13.6 Å². The zero-order chi connectivity index (χ0) is 22.1. The Kier molecular flexibility index (Phi) is 8.06. The lowest BCUT2D eigenvalue weighted by molar-refractivity contribution is -0.121. The van der Waals surface area contributed by atoms with Crippen molar-refractivity contribution in [3.63, 3.8) is 0 Å². The Morgan fingerprint density at radius 2 is 1.97 bits per heavy atom. The summed E-state index contributed by atoms with van der Waals surface area (Å²) >= 11 is 0. The van der Waals surface area contributed by atoms with Crippen LogP contribution in [-0.4, -0.2) is 38.1 Å². The number of amides is 1. The molecular weight excluding hydrogens is 399 g/mol. The normalized spacial score (nSPS) is 10.8. The summed E-state index contributed by atoms with van der Waals surface area (Å²) in [6.07, 6.45) is 2.35. The molecule has 0 atom stereocenters. The molecule has 2 aromatic carbocycles. The first-order valence-electron chi connectivity index (χ1n) is 10.1. The van der Waals surface area contributed by atoms with Crippen LogP contribution in [0.15, 0.2) is 65.3 Å². The molecule has 1 aromatic heterocycles. The van der Waals surface area contributed by atoms with Gasteiger partial charge < -0.3 is 19.2 Å².